The maximum atomic E-state index is 12.7. The van der Waals surface area contributed by atoms with Gasteiger partial charge < -0.3 is 10.0 Å². The number of hydrogen-bond donors (Lipinski definition) is 1. The van der Waals surface area contributed by atoms with E-state index in [1.165, 1.54) is 12.1 Å². The van der Waals surface area contributed by atoms with Crippen LogP contribution in [0.3, 0.4) is 0 Å². The first-order valence-electron chi connectivity index (χ1n) is 5.35. The third kappa shape index (κ3) is 2.61. The van der Waals surface area contributed by atoms with Crippen molar-refractivity contribution in [2.24, 2.45) is 5.92 Å². The highest BCUT2D eigenvalue weighted by Crippen LogP contribution is 2.21. The van der Waals surface area contributed by atoms with Crippen LogP contribution in [0.1, 0.15) is 0 Å². The second-order valence-corrected chi connectivity index (χ2v) is 6.32. The van der Waals surface area contributed by atoms with Crippen molar-refractivity contribution in [1.29, 1.82) is 0 Å². The van der Waals surface area contributed by atoms with Crippen molar-refractivity contribution >= 4 is 15.9 Å². The Morgan fingerprint density at radius 3 is 2.39 bits per heavy atom. The van der Waals surface area contributed by atoms with E-state index in [9.17, 15) is 17.6 Å². The van der Waals surface area contributed by atoms with Crippen LogP contribution in [-0.2, 0) is 9.84 Å². The molecule has 0 atom stereocenters. The van der Waals surface area contributed by atoms with Gasteiger partial charge in [0.1, 0.15) is 5.82 Å². The molecular formula is C11H12FNO4S. The Kier molecular flexibility index (Phi) is 3.25. The maximum Gasteiger partial charge on any atom is 0.407 e. The zero-order valence-corrected chi connectivity index (χ0v) is 10.2. The summed E-state index contributed by atoms with van der Waals surface area (Å²) in [5, 5.41) is 8.63. The molecule has 7 heteroatoms. The fraction of sp³-hybridized carbons (Fsp3) is 0.364. The van der Waals surface area contributed by atoms with Crippen molar-refractivity contribution in [3.05, 3.63) is 30.1 Å². The van der Waals surface area contributed by atoms with Crippen molar-refractivity contribution in [3.63, 3.8) is 0 Å². The van der Waals surface area contributed by atoms with Crippen LogP contribution in [0.2, 0.25) is 0 Å². The molecule has 0 spiro atoms. The Morgan fingerprint density at radius 2 is 1.89 bits per heavy atom. The molecule has 5 nitrogen and oxygen atoms in total. The largest absolute Gasteiger partial charge is 0.465 e. The lowest BCUT2D eigenvalue weighted by Gasteiger charge is -2.36. The van der Waals surface area contributed by atoms with Crippen LogP contribution in [0.25, 0.3) is 0 Å². The van der Waals surface area contributed by atoms with Crippen LogP contribution in [-0.4, -0.2) is 43.4 Å². The van der Waals surface area contributed by atoms with Gasteiger partial charge in [-0.2, -0.15) is 0 Å². The monoisotopic (exact) mass is 273 g/mol. The normalized spacial score (nSPS) is 16.4. The van der Waals surface area contributed by atoms with Gasteiger partial charge in [-0.1, -0.05) is 0 Å². The van der Waals surface area contributed by atoms with E-state index in [1.807, 2.05) is 0 Å². The number of benzene rings is 1. The molecule has 0 radical (unpaired) electrons. The third-order valence-corrected chi connectivity index (χ3v) is 4.76. The average molecular weight is 273 g/mol. The molecule has 0 unspecified atom stereocenters. The fourth-order valence-electron chi connectivity index (χ4n) is 1.88. The van der Waals surface area contributed by atoms with Crippen LogP contribution in [0.5, 0.6) is 0 Å². The number of rotatable bonds is 3. The van der Waals surface area contributed by atoms with Gasteiger partial charge in [-0.25, -0.2) is 17.6 Å². The lowest BCUT2D eigenvalue weighted by molar-refractivity contribution is 0.0894. The molecule has 1 saturated heterocycles. The van der Waals surface area contributed by atoms with Gasteiger partial charge in [0, 0.05) is 19.0 Å². The van der Waals surface area contributed by atoms with E-state index in [2.05, 4.69) is 0 Å². The molecule has 1 heterocycles. The Bertz CT molecular complexity index is 549. The average Bonchev–Trinajstić information content (AvgIpc) is 2.23. The Labute approximate surface area is 104 Å². The quantitative estimate of drug-likeness (QED) is 0.840. The van der Waals surface area contributed by atoms with E-state index in [4.69, 9.17) is 5.11 Å². The number of hydrogen-bond acceptors (Lipinski definition) is 3. The van der Waals surface area contributed by atoms with Gasteiger partial charge in [0.2, 0.25) is 0 Å². The summed E-state index contributed by atoms with van der Waals surface area (Å²) < 4.78 is 36.6. The van der Waals surface area contributed by atoms with Crippen LogP contribution < -0.4 is 0 Å². The Balaban J connectivity index is 2.01. The minimum atomic E-state index is -3.47. The van der Waals surface area contributed by atoms with Crippen molar-refractivity contribution in [2.75, 3.05) is 18.8 Å². The molecule has 0 aromatic heterocycles. The lowest BCUT2D eigenvalue weighted by Crippen LogP contribution is -2.51. The minimum absolute atomic E-state index is 0.0673. The molecule has 1 N–H and O–H groups in total. The molecule has 1 aliphatic rings. The van der Waals surface area contributed by atoms with Gasteiger partial charge in [-0.05, 0) is 24.3 Å². The van der Waals surface area contributed by atoms with E-state index in [0.717, 1.165) is 17.0 Å². The molecule has 1 amide bonds. The smallest absolute Gasteiger partial charge is 0.407 e. The van der Waals surface area contributed by atoms with E-state index in [-0.39, 0.29) is 29.7 Å². The van der Waals surface area contributed by atoms with E-state index >= 15 is 0 Å². The van der Waals surface area contributed by atoms with Crippen molar-refractivity contribution < 1.29 is 22.7 Å². The van der Waals surface area contributed by atoms with Gasteiger partial charge in [-0.15, -0.1) is 0 Å². The van der Waals surface area contributed by atoms with Crippen LogP contribution in [0.4, 0.5) is 9.18 Å². The standard InChI is InChI=1S/C11H12FNO4S/c12-9-1-3-10(4-2-9)18(16,17)7-8-5-13(6-8)11(14)15/h1-4,8H,5-7H2,(H,14,15). The minimum Gasteiger partial charge on any atom is -0.465 e. The maximum absolute atomic E-state index is 12.7. The summed E-state index contributed by atoms with van der Waals surface area (Å²) in [5.41, 5.74) is 0. The number of carbonyl (C=O) groups is 1. The van der Waals surface area contributed by atoms with Gasteiger partial charge in [-0.3, -0.25) is 0 Å². The number of amides is 1. The van der Waals surface area contributed by atoms with Crippen molar-refractivity contribution in [3.8, 4) is 0 Å². The highest BCUT2D eigenvalue weighted by molar-refractivity contribution is 7.91. The molecule has 18 heavy (non-hydrogen) atoms. The van der Waals surface area contributed by atoms with E-state index < -0.39 is 21.7 Å². The molecule has 1 fully saturated rings. The van der Waals surface area contributed by atoms with E-state index in [1.54, 1.807) is 0 Å². The fourth-order valence-corrected chi connectivity index (χ4v) is 3.45. The molecule has 1 aromatic rings. The molecule has 98 valence electrons. The predicted molar refractivity (Wildman–Crippen MR) is 61.5 cm³/mol. The number of nitrogens with zero attached hydrogens (tertiary/aromatic N) is 1. The summed E-state index contributed by atoms with van der Waals surface area (Å²) in [5.74, 6) is -0.784. The van der Waals surface area contributed by atoms with E-state index in [0.29, 0.717) is 0 Å². The van der Waals surface area contributed by atoms with Crippen LogP contribution in [0, 0.1) is 11.7 Å². The summed E-state index contributed by atoms with van der Waals surface area (Å²) in [4.78, 5) is 11.8. The van der Waals surface area contributed by atoms with Crippen LogP contribution >= 0.6 is 0 Å². The zero-order valence-electron chi connectivity index (χ0n) is 9.41. The van der Waals surface area contributed by atoms with Gasteiger partial charge in [0.25, 0.3) is 0 Å². The molecule has 2 rings (SSSR count). The summed E-state index contributed by atoms with van der Waals surface area (Å²) in [6.45, 7) is 0.464. The number of halogens is 1. The SMILES string of the molecule is O=C(O)N1CC(CS(=O)(=O)c2ccc(F)cc2)C1. The summed E-state index contributed by atoms with van der Waals surface area (Å²) in [6.07, 6.45) is -1.04. The highest BCUT2D eigenvalue weighted by Gasteiger charge is 2.34. The molecule has 1 aliphatic heterocycles. The third-order valence-electron chi connectivity index (χ3n) is 2.86. The molecule has 0 bridgehead atoms. The summed E-state index contributed by atoms with van der Waals surface area (Å²) in [7, 11) is -3.47. The number of likely N-dealkylation sites (tertiary alicyclic amines) is 1. The van der Waals surface area contributed by atoms with Gasteiger partial charge >= 0.3 is 6.09 Å². The highest BCUT2D eigenvalue weighted by atomic mass is 32.2. The molecule has 1 aromatic carbocycles. The van der Waals surface area contributed by atoms with Gasteiger partial charge in [0.05, 0.1) is 10.6 Å². The topological polar surface area (TPSA) is 74.7 Å². The zero-order chi connectivity index (χ0) is 13.3. The van der Waals surface area contributed by atoms with Crippen molar-refractivity contribution in [2.45, 2.75) is 4.90 Å². The number of carboxylic acid groups (broad SMARTS) is 1. The predicted octanol–water partition coefficient (Wildman–Crippen LogP) is 1.21. The molecule has 0 saturated carbocycles. The lowest BCUT2D eigenvalue weighted by atomic mass is 10.0. The Morgan fingerprint density at radius 1 is 1.33 bits per heavy atom. The Hall–Kier alpha value is -1.63. The van der Waals surface area contributed by atoms with Crippen molar-refractivity contribution in [1.82, 2.24) is 4.90 Å². The number of sulfone groups is 1. The summed E-state index contributed by atoms with van der Waals surface area (Å²) in [6, 6.07) is 4.63. The van der Waals surface area contributed by atoms with Gasteiger partial charge in [0.15, 0.2) is 9.84 Å². The first-order valence-corrected chi connectivity index (χ1v) is 7.00. The molecule has 0 aliphatic carbocycles. The second-order valence-electron chi connectivity index (χ2n) is 4.29. The summed E-state index contributed by atoms with van der Waals surface area (Å²) >= 11 is 0. The second kappa shape index (κ2) is 4.56. The first-order chi connectivity index (χ1) is 8.38. The molecular weight excluding hydrogens is 261 g/mol. The first kappa shape index (κ1) is 12.8. The van der Waals surface area contributed by atoms with Crippen LogP contribution in [0.15, 0.2) is 29.2 Å².